The molecule has 1 rings (SSSR count). The van der Waals surface area contributed by atoms with E-state index in [9.17, 15) is 0 Å². The third-order valence-corrected chi connectivity index (χ3v) is 4.38. The molecule has 0 aliphatic carbocycles. The molecule has 0 aliphatic rings. The van der Waals surface area contributed by atoms with Crippen molar-refractivity contribution in [2.75, 3.05) is 0 Å². The molecule has 0 N–H and O–H groups in total. The van der Waals surface area contributed by atoms with Crippen molar-refractivity contribution in [1.82, 2.24) is 0 Å². The molecule has 0 nitrogen and oxygen atoms in total. The molecule has 0 saturated carbocycles. The van der Waals surface area contributed by atoms with Gasteiger partial charge in [-0.15, -0.1) is 0 Å². The van der Waals surface area contributed by atoms with Crippen molar-refractivity contribution in [3.05, 3.63) is 28.8 Å². The average molecular weight is 328 g/mol. The van der Waals surface area contributed by atoms with E-state index in [0.29, 0.717) is 0 Å². The minimum absolute atomic E-state index is 1.38. The van der Waals surface area contributed by atoms with Gasteiger partial charge in [0.25, 0.3) is 0 Å². The van der Waals surface area contributed by atoms with Gasteiger partial charge in [0, 0.05) is 0 Å². The Balaban J connectivity index is 3.31. The van der Waals surface area contributed by atoms with Gasteiger partial charge >= 0.3 is 77.6 Å². The Morgan fingerprint density at radius 3 is 1.80 bits per heavy atom. The maximum atomic E-state index is 2.25. The van der Waals surface area contributed by atoms with Gasteiger partial charge in [-0.2, -0.15) is 0 Å². The van der Waals surface area contributed by atoms with E-state index in [-0.39, 0.29) is 0 Å². The zero-order valence-corrected chi connectivity index (χ0v) is 10.1. The van der Waals surface area contributed by atoms with Crippen LogP contribution in [-0.4, -0.2) is 24.7 Å². The summed E-state index contributed by atoms with van der Waals surface area (Å²) >= 11 is 1.38. The second kappa shape index (κ2) is 3.01. The Morgan fingerprint density at radius 1 is 1.00 bits per heavy atom. The van der Waals surface area contributed by atoms with Gasteiger partial charge in [0.15, 0.2) is 0 Å². The molecule has 52 valence electrons. The van der Waals surface area contributed by atoms with Crippen LogP contribution in [0.15, 0.2) is 12.1 Å². The van der Waals surface area contributed by atoms with E-state index in [2.05, 4.69) is 32.9 Å². The van der Waals surface area contributed by atoms with Crippen molar-refractivity contribution < 1.29 is 0 Å². The molecular weight excluding hydrogens is 317 g/mol. The number of benzene rings is 1. The van der Waals surface area contributed by atoms with Gasteiger partial charge in [0.1, 0.15) is 0 Å². The number of hydrogen-bond donors (Lipinski definition) is 0. The molecule has 0 amide bonds. The summed E-state index contributed by atoms with van der Waals surface area (Å²) in [6.07, 6.45) is 0. The molecule has 0 aromatic heterocycles. The first kappa shape index (κ1) is 8.20. The molecule has 0 aliphatic heterocycles. The Kier molecular flexibility index (Phi) is 2.46. The van der Waals surface area contributed by atoms with Crippen molar-refractivity contribution in [2.45, 2.75) is 20.8 Å². The van der Waals surface area contributed by atoms with Gasteiger partial charge in [-0.25, -0.2) is 0 Å². The first-order valence-corrected chi connectivity index (χ1v) is 5.12. The van der Waals surface area contributed by atoms with Crippen LogP contribution in [0, 0.1) is 20.8 Å². The Bertz CT molecular complexity index is 228. The van der Waals surface area contributed by atoms with Crippen molar-refractivity contribution in [3.8, 4) is 0 Å². The fraction of sp³-hybridized carbons (Fsp3) is 0.333. The van der Waals surface area contributed by atoms with Gasteiger partial charge in [0.05, 0.1) is 0 Å². The van der Waals surface area contributed by atoms with Gasteiger partial charge in [-0.3, -0.25) is 0 Å². The molecule has 0 saturated heterocycles. The Labute approximate surface area is 77.5 Å². The molecule has 0 heterocycles. The van der Waals surface area contributed by atoms with Gasteiger partial charge in [0.2, 0.25) is 0 Å². The third kappa shape index (κ3) is 1.58. The van der Waals surface area contributed by atoms with Gasteiger partial charge < -0.3 is 0 Å². The third-order valence-electron chi connectivity index (χ3n) is 1.64. The van der Waals surface area contributed by atoms with Crippen LogP contribution in [0.3, 0.4) is 0 Å². The van der Waals surface area contributed by atoms with Crippen LogP contribution in [0.2, 0.25) is 0 Å². The average Bonchev–Trinajstić information content (AvgIpc) is 1.82. The first-order chi connectivity index (χ1) is 4.61. The van der Waals surface area contributed by atoms with E-state index < -0.39 is 0 Å². The summed E-state index contributed by atoms with van der Waals surface area (Å²) in [5.74, 6) is 0. The molecule has 1 aromatic carbocycles. The summed E-state index contributed by atoms with van der Waals surface area (Å²) < 4.78 is 1.53. The Hall–Kier alpha value is 0.103. The van der Waals surface area contributed by atoms with Crippen LogP contribution in [-0.2, 0) is 0 Å². The monoisotopic (exact) mass is 328 g/mol. The molecule has 0 unspecified atom stereocenters. The first-order valence-electron chi connectivity index (χ1n) is 3.38. The SMILES string of the molecule is Cc1cc(C)[c]([Bi])c(C)c1. The van der Waals surface area contributed by atoms with Crippen LogP contribution in [0.25, 0.3) is 0 Å². The predicted molar refractivity (Wildman–Crippen MR) is 46.0 cm³/mol. The summed E-state index contributed by atoms with van der Waals surface area (Å²) in [5.41, 5.74) is 4.28. The fourth-order valence-electron chi connectivity index (χ4n) is 1.17. The normalized spacial score (nSPS) is 10.0. The van der Waals surface area contributed by atoms with Crippen molar-refractivity contribution in [2.24, 2.45) is 0 Å². The number of hydrogen-bond acceptors (Lipinski definition) is 0. The van der Waals surface area contributed by atoms with E-state index in [1.807, 2.05) is 0 Å². The van der Waals surface area contributed by atoms with Gasteiger partial charge in [-0.1, -0.05) is 0 Å². The van der Waals surface area contributed by atoms with E-state index in [1.165, 1.54) is 44.7 Å². The van der Waals surface area contributed by atoms with E-state index in [1.54, 1.807) is 0 Å². The minimum atomic E-state index is 1.38. The molecule has 1 aromatic rings. The summed E-state index contributed by atoms with van der Waals surface area (Å²) in [7, 11) is 0. The second-order valence-electron chi connectivity index (χ2n) is 2.75. The number of rotatable bonds is 0. The molecular formula is C9H11Bi. The van der Waals surface area contributed by atoms with Crippen LogP contribution >= 0.6 is 0 Å². The van der Waals surface area contributed by atoms with Crippen LogP contribution in [0.1, 0.15) is 16.7 Å². The second-order valence-corrected chi connectivity index (χ2v) is 4.49. The summed E-state index contributed by atoms with van der Waals surface area (Å²) in [6.45, 7) is 6.53. The molecule has 0 atom stereocenters. The predicted octanol–water partition coefficient (Wildman–Crippen LogP) is 1.41. The number of aryl methyl sites for hydroxylation is 3. The standard InChI is InChI=1S/C9H11.Bi/c1-7-4-8(2)6-9(3)5-7;/h4-5H,1-3H3;. The van der Waals surface area contributed by atoms with Crippen molar-refractivity contribution in [1.29, 1.82) is 0 Å². The fourth-order valence-corrected chi connectivity index (χ4v) is 1.67. The van der Waals surface area contributed by atoms with E-state index in [4.69, 9.17) is 0 Å². The molecule has 1 heteroatoms. The van der Waals surface area contributed by atoms with Crippen molar-refractivity contribution >= 4 is 28.0 Å². The molecule has 2 radical (unpaired) electrons. The topological polar surface area (TPSA) is 0 Å². The van der Waals surface area contributed by atoms with Gasteiger partial charge in [-0.05, 0) is 0 Å². The zero-order chi connectivity index (χ0) is 7.72. The van der Waals surface area contributed by atoms with Crippen LogP contribution in [0.5, 0.6) is 0 Å². The molecule has 0 fully saturated rings. The maximum absolute atomic E-state index is 2.25. The Morgan fingerprint density at radius 2 is 1.40 bits per heavy atom. The molecule has 10 heavy (non-hydrogen) atoms. The van der Waals surface area contributed by atoms with Crippen LogP contribution < -0.4 is 3.27 Å². The molecule has 0 bridgehead atoms. The quantitative estimate of drug-likeness (QED) is 0.632. The van der Waals surface area contributed by atoms with E-state index >= 15 is 0 Å². The van der Waals surface area contributed by atoms with Crippen molar-refractivity contribution in [3.63, 3.8) is 0 Å². The zero-order valence-electron chi connectivity index (χ0n) is 6.60. The molecule has 0 spiro atoms. The summed E-state index contributed by atoms with van der Waals surface area (Å²) in [6, 6.07) is 4.50. The van der Waals surface area contributed by atoms with E-state index in [0.717, 1.165) is 0 Å². The summed E-state index contributed by atoms with van der Waals surface area (Å²) in [4.78, 5) is 0. The van der Waals surface area contributed by atoms with Crippen LogP contribution in [0.4, 0.5) is 0 Å². The summed E-state index contributed by atoms with van der Waals surface area (Å²) in [5, 5.41) is 0.